The summed E-state index contributed by atoms with van der Waals surface area (Å²) in [6.07, 6.45) is 2.41. The zero-order valence-electron chi connectivity index (χ0n) is 16.5. The van der Waals surface area contributed by atoms with Crippen LogP contribution in [0.15, 0.2) is 53.7 Å². The molecule has 0 bridgehead atoms. The highest BCUT2D eigenvalue weighted by molar-refractivity contribution is 6.12. The molecule has 0 unspecified atom stereocenters. The minimum Gasteiger partial charge on any atom is -0.497 e. The Morgan fingerprint density at radius 3 is 1.89 bits per heavy atom. The summed E-state index contributed by atoms with van der Waals surface area (Å²) in [5.41, 5.74) is 2.66. The first-order valence-electron chi connectivity index (χ1n) is 9.61. The van der Waals surface area contributed by atoms with Gasteiger partial charge in [0.05, 0.1) is 26.9 Å². The maximum atomic E-state index is 5.87. The molecule has 6 heteroatoms. The van der Waals surface area contributed by atoms with Crippen LogP contribution in [0.5, 0.6) is 11.5 Å². The van der Waals surface area contributed by atoms with Crippen LogP contribution in [-0.4, -0.2) is 52.3 Å². The zero-order valence-corrected chi connectivity index (χ0v) is 16.5. The lowest BCUT2D eigenvalue weighted by Gasteiger charge is -2.22. The highest BCUT2D eigenvalue weighted by atomic mass is 16.6. The Hall–Kier alpha value is -2.57. The number of oxime groups is 1. The summed E-state index contributed by atoms with van der Waals surface area (Å²) < 4.78 is 16.4. The van der Waals surface area contributed by atoms with Crippen molar-refractivity contribution in [1.82, 2.24) is 5.32 Å². The minimum atomic E-state index is 0.316. The second kappa shape index (κ2) is 10.7. The number of nitrogens with zero attached hydrogens (tertiary/aromatic N) is 1. The summed E-state index contributed by atoms with van der Waals surface area (Å²) in [4.78, 5) is 5.59. The maximum absolute atomic E-state index is 5.87. The fraction of sp³-hybridized carbons (Fsp3) is 0.409. The van der Waals surface area contributed by atoms with E-state index in [1.165, 1.54) is 0 Å². The van der Waals surface area contributed by atoms with Gasteiger partial charge in [-0.15, -0.1) is 0 Å². The molecule has 1 N–H and O–H groups in total. The van der Waals surface area contributed by atoms with Gasteiger partial charge in [0.25, 0.3) is 0 Å². The molecule has 0 radical (unpaired) electrons. The van der Waals surface area contributed by atoms with E-state index < -0.39 is 0 Å². The number of ether oxygens (including phenoxy) is 3. The van der Waals surface area contributed by atoms with E-state index in [9.17, 15) is 0 Å². The Morgan fingerprint density at radius 1 is 0.857 bits per heavy atom. The molecule has 0 aliphatic carbocycles. The molecule has 1 fully saturated rings. The molecule has 0 saturated carbocycles. The van der Waals surface area contributed by atoms with Crippen molar-refractivity contribution in [2.24, 2.45) is 5.16 Å². The standard InChI is InChI=1S/C22H28N2O4/c1-25-19-7-3-17(4-8-19)22(18-5-9-20(26-2)10-6-18)24-28-16-15-27-21-11-13-23-14-12-21/h3-10,21,23H,11-16H2,1-2H3. The number of benzene rings is 2. The molecule has 6 nitrogen and oxygen atoms in total. The van der Waals surface area contributed by atoms with Crippen molar-refractivity contribution < 1.29 is 19.0 Å². The van der Waals surface area contributed by atoms with Crippen molar-refractivity contribution in [2.75, 3.05) is 40.5 Å². The van der Waals surface area contributed by atoms with Gasteiger partial charge in [-0.25, -0.2) is 0 Å². The number of rotatable bonds is 9. The van der Waals surface area contributed by atoms with E-state index in [1.54, 1.807) is 14.2 Å². The Bertz CT molecular complexity index is 689. The topological polar surface area (TPSA) is 61.3 Å². The SMILES string of the molecule is COc1ccc(C(=NOCCOC2CCNCC2)c2ccc(OC)cc2)cc1. The Balaban J connectivity index is 1.66. The fourth-order valence-electron chi connectivity index (χ4n) is 3.09. The van der Waals surface area contributed by atoms with Crippen molar-refractivity contribution in [3.05, 3.63) is 59.7 Å². The molecular formula is C22H28N2O4. The first kappa shape index (κ1) is 20.2. The molecule has 1 aliphatic heterocycles. The Morgan fingerprint density at radius 2 is 1.39 bits per heavy atom. The van der Waals surface area contributed by atoms with Crippen molar-refractivity contribution in [3.8, 4) is 11.5 Å². The van der Waals surface area contributed by atoms with E-state index >= 15 is 0 Å². The van der Waals surface area contributed by atoms with Gasteiger partial charge in [0, 0.05) is 11.1 Å². The van der Waals surface area contributed by atoms with E-state index in [-0.39, 0.29) is 0 Å². The summed E-state index contributed by atoms with van der Waals surface area (Å²) in [5, 5.41) is 7.73. The van der Waals surface area contributed by atoms with Gasteiger partial charge in [-0.05, 0) is 74.5 Å². The van der Waals surface area contributed by atoms with E-state index in [1.807, 2.05) is 48.5 Å². The van der Waals surface area contributed by atoms with Crippen molar-refractivity contribution in [1.29, 1.82) is 0 Å². The van der Waals surface area contributed by atoms with Crippen LogP contribution in [0.2, 0.25) is 0 Å². The molecule has 0 spiro atoms. The third-order valence-electron chi connectivity index (χ3n) is 4.70. The molecule has 1 heterocycles. The van der Waals surface area contributed by atoms with Crippen LogP contribution in [0.3, 0.4) is 0 Å². The maximum Gasteiger partial charge on any atom is 0.140 e. The largest absolute Gasteiger partial charge is 0.497 e. The molecule has 0 atom stereocenters. The quantitative estimate of drug-likeness (QED) is 0.409. The lowest BCUT2D eigenvalue weighted by Crippen LogP contribution is -2.33. The first-order chi connectivity index (χ1) is 13.8. The Labute approximate surface area is 166 Å². The number of piperidine rings is 1. The number of nitrogens with one attached hydrogen (secondary N) is 1. The molecule has 1 aliphatic rings. The number of hydrogen-bond acceptors (Lipinski definition) is 6. The Kier molecular flexibility index (Phi) is 7.70. The van der Waals surface area contributed by atoms with Crippen LogP contribution in [0, 0.1) is 0 Å². The van der Waals surface area contributed by atoms with E-state index in [4.69, 9.17) is 19.0 Å². The van der Waals surface area contributed by atoms with Gasteiger partial charge in [0.1, 0.15) is 23.8 Å². The van der Waals surface area contributed by atoms with Gasteiger partial charge < -0.3 is 24.4 Å². The van der Waals surface area contributed by atoms with Crippen molar-refractivity contribution >= 4 is 5.71 Å². The van der Waals surface area contributed by atoms with E-state index in [0.29, 0.717) is 19.3 Å². The fourth-order valence-corrected chi connectivity index (χ4v) is 3.09. The van der Waals surface area contributed by atoms with Gasteiger partial charge >= 0.3 is 0 Å². The third-order valence-corrected chi connectivity index (χ3v) is 4.70. The predicted octanol–water partition coefficient (Wildman–Crippen LogP) is 3.24. The number of hydrogen-bond donors (Lipinski definition) is 1. The zero-order chi connectivity index (χ0) is 19.6. The summed E-state index contributed by atoms with van der Waals surface area (Å²) in [5.74, 6) is 1.60. The van der Waals surface area contributed by atoms with Crippen LogP contribution < -0.4 is 14.8 Å². The van der Waals surface area contributed by atoms with Crippen LogP contribution in [0.4, 0.5) is 0 Å². The first-order valence-corrected chi connectivity index (χ1v) is 9.61. The van der Waals surface area contributed by atoms with Crippen molar-refractivity contribution in [2.45, 2.75) is 18.9 Å². The molecule has 150 valence electrons. The number of methoxy groups -OCH3 is 2. The average Bonchev–Trinajstić information content (AvgIpc) is 2.77. The van der Waals surface area contributed by atoms with Crippen LogP contribution in [0.1, 0.15) is 24.0 Å². The molecule has 0 aromatic heterocycles. The molecular weight excluding hydrogens is 356 g/mol. The molecule has 28 heavy (non-hydrogen) atoms. The van der Waals surface area contributed by atoms with Gasteiger partial charge in [-0.3, -0.25) is 0 Å². The van der Waals surface area contributed by atoms with Gasteiger partial charge in [-0.1, -0.05) is 5.16 Å². The normalized spacial score (nSPS) is 14.4. The summed E-state index contributed by atoms with van der Waals surface area (Å²) >= 11 is 0. The molecule has 3 rings (SSSR count). The molecule has 1 saturated heterocycles. The van der Waals surface area contributed by atoms with Crippen molar-refractivity contribution in [3.63, 3.8) is 0 Å². The minimum absolute atomic E-state index is 0.316. The van der Waals surface area contributed by atoms with Gasteiger partial charge in [-0.2, -0.15) is 0 Å². The van der Waals surface area contributed by atoms with Crippen LogP contribution >= 0.6 is 0 Å². The molecule has 2 aromatic rings. The highest BCUT2D eigenvalue weighted by Crippen LogP contribution is 2.19. The van der Waals surface area contributed by atoms with Gasteiger partial charge in [0.2, 0.25) is 0 Å². The van der Waals surface area contributed by atoms with Gasteiger partial charge in [0.15, 0.2) is 0 Å². The van der Waals surface area contributed by atoms with Crippen LogP contribution in [0.25, 0.3) is 0 Å². The molecule has 0 amide bonds. The monoisotopic (exact) mass is 384 g/mol. The van der Waals surface area contributed by atoms with Crippen LogP contribution in [-0.2, 0) is 9.57 Å². The lowest BCUT2D eigenvalue weighted by molar-refractivity contribution is -0.00599. The summed E-state index contributed by atoms with van der Waals surface area (Å²) in [6.45, 7) is 2.98. The smallest absolute Gasteiger partial charge is 0.140 e. The lowest BCUT2D eigenvalue weighted by atomic mass is 10.0. The second-order valence-electron chi connectivity index (χ2n) is 6.55. The predicted molar refractivity (Wildman–Crippen MR) is 109 cm³/mol. The summed E-state index contributed by atoms with van der Waals surface area (Å²) in [7, 11) is 3.30. The van der Waals surface area contributed by atoms with E-state index in [2.05, 4.69) is 10.5 Å². The highest BCUT2D eigenvalue weighted by Gasteiger charge is 2.13. The third kappa shape index (κ3) is 5.71. The van der Waals surface area contributed by atoms with E-state index in [0.717, 1.165) is 54.3 Å². The summed E-state index contributed by atoms with van der Waals surface area (Å²) in [6, 6.07) is 15.5. The molecule has 2 aromatic carbocycles. The second-order valence-corrected chi connectivity index (χ2v) is 6.55. The average molecular weight is 384 g/mol.